The maximum Gasteiger partial charge on any atom is 0.519 e. The van der Waals surface area contributed by atoms with Gasteiger partial charge < -0.3 is 28.9 Å². The first-order valence-corrected chi connectivity index (χ1v) is 13.1. The number of anilines is 1. The lowest BCUT2D eigenvalue weighted by atomic mass is 9.98. The summed E-state index contributed by atoms with van der Waals surface area (Å²) in [5.74, 6) is -2.45. The van der Waals surface area contributed by atoms with Crippen molar-refractivity contribution in [1.29, 1.82) is 0 Å². The maximum atomic E-state index is 13.3. The summed E-state index contributed by atoms with van der Waals surface area (Å²) in [5.41, 5.74) is 8.32. The van der Waals surface area contributed by atoms with Gasteiger partial charge in [0, 0.05) is 11.3 Å². The smallest absolute Gasteiger partial charge is 0.460 e. The number of thiazole rings is 1. The van der Waals surface area contributed by atoms with Gasteiger partial charge in [-0.05, 0) is 43.0 Å². The summed E-state index contributed by atoms with van der Waals surface area (Å²) in [6.45, 7) is 4.01. The minimum atomic E-state index is -1.63. The van der Waals surface area contributed by atoms with Gasteiger partial charge in [0.1, 0.15) is 12.3 Å². The topological polar surface area (TPSA) is 156 Å². The van der Waals surface area contributed by atoms with Gasteiger partial charge >= 0.3 is 17.8 Å². The molecule has 206 valence electrons. The molecule has 5 rings (SSSR count). The minimum Gasteiger partial charge on any atom is -0.460 e. The molecule has 0 spiro atoms. The zero-order chi connectivity index (χ0) is 28.4. The van der Waals surface area contributed by atoms with Gasteiger partial charge in [-0.2, -0.15) is 0 Å². The fraction of sp³-hybridized carbons (Fsp3) is 0.250. The van der Waals surface area contributed by atoms with Crippen LogP contribution >= 0.6 is 11.3 Å². The van der Waals surface area contributed by atoms with Crippen molar-refractivity contribution in [2.45, 2.75) is 38.9 Å². The SMILES string of the molecule is Cc1oc(=O)oc1COC(=O)C(C)(C)O/N=C(\C(=O)OCC1c2ccccc2-c2ccccc21)c1csc(N)n1. The number of nitrogen functional groups attached to an aromatic ring is 1. The van der Waals surface area contributed by atoms with E-state index in [-0.39, 0.29) is 47.2 Å². The van der Waals surface area contributed by atoms with Crippen LogP contribution in [0.15, 0.2) is 72.7 Å². The van der Waals surface area contributed by atoms with Gasteiger partial charge in [0.15, 0.2) is 23.3 Å². The average Bonchev–Trinajstić information content (AvgIpc) is 3.60. The summed E-state index contributed by atoms with van der Waals surface area (Å²) in [6, 6.07) is 15.9. The Labute approximate surface area is 232 Å². The van der Waals surface area contributed by atoms with Gasteiger partial charge in [-0.1, -0.05) is 53.7 Å². The van der Waals surface area contributed by atoms with Gasteiger partial charge in [-0.3, -0.25) is 0 Å². The number of hydrogen-bond acceptors (Lipinski definition) is 12. The molecule has 1 aliphatic rings. The summed E-state index contributed by atoms with van der Waals surface area (Å²) in [6.07, 6.45) is 0. The third-order valence-corrected chi connectivity index (χ3v) is 7.00. The Morgan fingerprint density at radius 1 is 1.05 bits per heavy atom. The normalized spacial score (nSPS) is 13.0. The molecule has 0 radical (unpaired) electrons. The molecule has 0 amide bonds. The number of ether oxygens (including phenoxy) is 2. The zero-order valence-corrected chi connectivity index (χ0v) is 22.7. The van der Waals surface area contributed by atoms with Gasteiger partial charge in [0.2, 0.25) is 11.3 Å². The number of aryl methyl sites for hydroxylation is 1. The number of nitrogens with zero attached hydrogens (tertiary/aromatic N) is 2. The van der Waals surface area contributed by atoms with E-state index in [0.29, 0.717) is 0 Å². The number of esters is 2. The molecule has 1 aliphatic carbocycles. The number of carbonyl (C=O) groups excluding carboxylic acids is 2. The van der Waals surface area contributed by atoms with E-state index < -0.39 is 23.4 Å². The number of benzene rings is 2. The molecule has 0 saturated heterocycles. The number of fused-ring (bicyclic) bond motifs is 3. The predicted octanol–water partition coefficient (Wildman–Crippen LogP) is 4.18. The Morgan fingerprint density at radius 2 is 1.70 bits per heavy atom. The third kappa shape index (κ3) is 5.38. The van der Waals surface area contributed by atoms with Crippen LogP contribution in [0, 0.1) is 6.92 Å². The fourth-order valence-electron chi connectivity index (χ4n) is 4.26. The lowest BCUT2D eigenvalue weighted by Crippen LogP contribution is -2.36. The number of rotatable bonds is 9. The lowest BCUT2D eigenvalue weighted by Gasteiger charge is -2.20. The molecule has 0 unspecified atom stereocenters. The van der Waals surface area contributed by atoms with Gasteiger partial charge in [-0.15, -0.1) is 11.3 Å². The standard InChI is InChI=1S/C28H25N3O8S/c1-15-22(38-27(34)37-15)13-36-25(33)28(2,3)39-31-23(21-14-40-26(29)30-21)24(32)35-12-20-18-10-6-4-8-16(18)17-9-5-7-11-19(17)20/h4-11,14,20H,12-13H2,1-3H3,(H2,29,30)/b31-23-. The van der Waals surface area contributed by atoms with Crippen LogP contribution in [0.1, 0.15) is 48.1 Å². The number of nitrogens with two attached hydrogens (primary N) is 1. The quantitative estimate of drug-likeness (QED) is 0.178. The summed E-state index contributed by atoms with van der Waals surface area (Å²) in [4.78, 5) is 46.8. The van der Waals surface area contributed by atoms with Crippen LogP contribution in [-0.4, -0.2) is 34.8 Å². The van der Waals surface area contributed by atoms with Crippen molar-refractivity contribution >= 4 is 34.1 Å². The fourth-order valence-corrected chi connectivity index (χ4v) is 4.81. The van der Waals surface area contributed by atoms with Crippen molar-refractivity contribution in [3.8, 4) is 11.1 Å². The molecule has 4 aromatic rings. The van der Waals surface area contributed by atoms with Crippen molar-refractivity contribution in [1.82, 2.24) is 4.98 Å². The second kappa shape index (κ2) is 10.8. The number of oxime groups is 1. The van der Waals surface area contributed by atoms with E-state index in [1.807, 2.05) is 48.5 Å². The molecule has 2 aromatic carbocycles. The summed E-state index contributed by atoms with van der Waals surface area (Å²) >= 11 is 1.11. The first kappa shape index (κ1) is 26.9. The molecule has 0 atom stereocenters. The summed E-state index contributed by atoms with van der Waals surface area (Å²) in [5, 5.41) is 5.70. The molecule has 40 heavy (non-hydrogen) atoms. The number of hydrogen-bond donors (Lipinski definition) is 1. The van der Waals surface area contributed by atoms with Crippen molar-refractivity contribution < 1.29 is 32.7 Å². The number of carbonyl (C=O) groups is 2. The van der Waals surface area contributed by atoms with E-state index in [0.717, 1.165) is 33.6 Å². The first-order chi connectivity index (χ1) is 19.1. The monoisotopic (exact) mass is 563 g/mol. The average molecular weight is 564 g/mol. The molecule has 2 N–H and O–H groups in total. The van der Waals surface area contributed by atoms with Crippen LogP contribution in [0.25, 0.3) is 11.1 Å². The van der Waals surface area contributed by atoms with Crippen LogP contribution in [0.5, 0.6) is 0 Å². The Kier molecular flexibility index (Phi) is 7.26. The van der Waals surface area contributed by atoms with E-state index in [1.54, 1.807) is 0 Å². The lowest BCUT2D eigenvalue weighted by molar-refractivity contribution is -0.170. The summed E-state index contributed by atoms with van der Waals surface area (Å²) < 4.78 is 20.5. The highest BCUT2D eigenvalue weighted by atomic mass is 32.1. The van der Waals surface area contributed by atoms with E-state index in [1.165, 1.54) is 26.2 Å². The van der Waals surface area contributed by atoms with Crippen LogP contribution in [0.3, 0.4) is 0 Å². The molecule has 0 saturated carbocycles. The molecule has 2 heterocycles. The second-order valence-electron chi connectivity index (χ2n) is 9.45. The van der Waals surface area contributed by atoms with E-state index >= 15 is 0 Å². The molecule has 0 aliphatic heterocycles. The van der Waals surface area contributed by atoms with Crippen LogP contribution in [0.2, 0.25) is 0 Å². The second-order valence-corrected chi connectivity index (χ2v) is 10.3. The van der Waals surface area contributed by atoms with Crippen LogP contribution in [0.4, 0.5) is 5.13 Å². The van der Waals surface area contributed by atoms with E-state index in [4.69, 9.17) is 28.9 Å². The first-order valence-electron chi connectivity index (χ1n) is 12.2. The Balaban J connectivity index is 1.32. The molecule has 11 nitrogen and oxygen atoms in total. The molecule has 12 heteroatoms. The highest BCUT2D eigenvalue weighted by Crippen LogP contribution is 2.44. The number of aromatic nitrogens is 1. The Bertz CT molecular complexity index is 1620. The molecule has 2 aromatic heterocycles. The molecule has 0 fully saturated rings. The van der Waals surface area contributed by atoms with Crippen molar-refractivity contribution in [2.75, 3.05) is 12.3 Å². The Morgan fingerprint density at radius 3 is 2.27 bits per heavy atom. The van der Waals surface area contributed by atoms with Crippen molar-refractivity contribution in [3.63, 3.8) is 0 Å². The zero-order valence-electron chi connectivity index (χ0n) is 21.8. The molecular weight excluding hydrogens is 538 g/mol. The minimum absolute atomic E-state index is 0.0478. The highest BCUT2D eigenvalue weighted by molar-refractivity contribution is 7.13. The maximum absolute atomic E-state index is 13.3. The van der Waals surface area contributed by atoms with Crippen molar-refractivity contribution in [2.24, 2.45) is 5.16 Å². The van der Waals surface area contributed by atoms with Crippen LogP contribution in [-0.2, 0) is 30.5 Å². The van der Waals surface area contributed by atoms with E-state index in [9.17, 15) is 14.4 Å². The summed E-state index contributed by atoms with van der Waals surface area (Å²) in [7, 11) is 0. The predicted molar refractivity (Wildman–Crippen MR) is 145 cm³/mol. The largest absolute Gasteiger partial charge is 0.519 e. The van der Waals surface area contributed by atoms with Gasteiger partial charge in [0.05, 0.1) is 0 Å². The van der Waals surface area contributed by atoms with E-state index in [2.05, 4.69) is 10.1 Å². The highest BCUT2D eigenvalue weighted by Gasteiger charge is 2.35. The molecule has 0 bridgehead atoms. The van der Waals surface area contributed by atoms with Crippen LogP contribution < -0.4 is 11.6 Å². The van der Waals surface area contributed by atoms with Crippen molar-refractivity contribution in [3.05, 3.63) is 92.9 Å². The van der Waals surface area contributed by atoms with Gasteiger partial charge in [-0.25, -0.2) is 19.4 Å². The van der Waals surface area contributed by atoms with Gasteiger partial charge in [0.25, 0.3) is 0 Å². The third-order valence-electron chi connectivity index (χ3n) is 6.33. The molecular formula is C28H25N3O8S. The Hall–Kier alpha value is -4.71.